The van der Waals surface area contributed by atoms with Crippen molar-refractivity contribution < 1.29 is 18.0 Å². The van der Waals surface area contributed by atoms with E-state index < -0.39 is 28.5 Å². The smallest absolute Gasteiger partial charge is 0.264 e. The van der Waals surface area contributed by atoms with Gasteiger partial charge in [0.1, 0.15) is 12.6 Å². The van der Waals surface area contributed by atoms with Crippen molar-refractivity contribution in [2.45, 2.75) is 76.9 Å². The van der Waals surface area contributed by atoms with Crippen molar-refractivity contribution in [2.75, 3.05) is 10.8 Å². The van der Waals surface area contributed by atoms with Gasteiger partial charge in [0.2, 0.25) is 11.8 Å². The number of aryl methyl sites for hydroxylation is 3. The van der Waals surface area contributed by atoms with E-state index in [1.807, 2.05) is 51.1 Å². The minimum absolute atomic E-state index is 0.102. The number of rotatable bonds is 10. The van der Waals surface area contributed by atoms with Crippen LogP contribution in [0.3, 0.4) is 0 Å². The molecule has 1 N–H and O–H groups in total. The van der Waals surface area contributed by atoms with Gasteiger partial charge < -0.3 is 10.2 Å². The quantitative estimate of drug-likeness (QED) is 0.365. The number of nitrogens with one attached hydrogen (secondary N) is 1. The summed E-state index contributed by atoms with van der Waals surface area (Å²) in [6, 6.07) is 20.8. The van der Waals surface area contributed by atoms with Gasteiger partial charge in [-0.1, -0.05) is 72.5 Å². The molecule has 1 fully saturated rings. The lowest BCUT2D eigenvalue weighted by Crippen LogP contribution is -2.52. The van der Waals surface area contributed by atoms with Crippen molar-refractivity contribution in [1.82, 2.24) is 10.2 Å². The van der Waals surface area contributed by atoms with E-state index in [0.29, 0.717) is 5.69 Å². The summed E-state index contributed by atoms with van der Waals surface area (Å²) >= 11 is 0. The Labute approximate surface area is 238 Å². The summed E-state index contributed by atoms with van der Waals surface area (Å²) < 4.78 is 29.0. The zero-order valence-corrected chi connectivity index (χ0v) is 24.6. The predicted octanol–water partition coefficient (Wildman–Crippen LogP) is 5.28. The minimum Gasteiger partial charge on any atom is -0.352 e. The molecule has 4 rings (SSSR count). The van der Waals surface area contributed by atoms with Crippen LogP contribution < -0.4 is 9.62 Å². The molecule has 3 aromatic carbocycles. The van der Waals surface area contributed by atoms with Gasteiger partial charge in [-0.3, -0.25) is 13.9 Å². The van der Waals surface area contributed by atoms with Crippen LogP contribution in [0.5, 0.6) is 0 Å². The first-order chi connectivity index (χ1) is 19.0. The maximum atomic E-state index is 14.1. The van der Waals surface area contributed by atoms with Crippen LogP contribution in [-0.2, 0) is 26.2 Å². The summed E-state index contributed by atoms with van der Waals surface area (Å²) in [5.41, 5.74) is 4.11. The number of hydrogen-bond donors (Lipinski definition) is 1. The molecule has 2 amide bonds. The van der Waals surface area contributed by atoms with Gasteiger partial charge in [0.05, 0.1) is 10.6 Å². The summed E-state index contributed by atoms with van der Waals surface area (Å²) in [5.74, 6) is -0.677. The molecule has 1 aliphatic rings. The van der Waals surface area contributed by atoms with Gasteiger partial charge in [-0.15, -0.1) is 0 Å². The maximum absolute atomic E-state index is 14.1. The van der Waals surface area contributed by atoms with Crippen molar-refractivity contribution in [3.63, 3.8) is 0 Å². The first-order valence-corrected chi connectivity index (χ1v) is 15.3. The molecule has 40 heavy (non-hydrogen) atoms. The normalized spacial score (nSPS) is 14.5. The number of hydrogen-bond acceptors (Lipinski definition) is 4. The summed E-state index contributed by atoms with van der Waals surface area (Å²) in [4.78, 5) is 29.0. The summed E-state index contributed by atoms with van der Waals surface area (Å²) in [7, 11) is -4.08. The molecule has 8 heteroatoms. The third-order valence-corrected chi connectivity index (χ3v) is 9.27. The van der Waals surface area contributed by atoms with Crippen molar-refractivity contribution in [3.8, 4) is 0 Å². The van der Waals surface area contributed by atoms with E-state index in [9.17, 15) is 18.0 Å². The maximum Gasteiger partial charge on any atom is 0.264 e. The third-order valence-electron chi connectivity index (χ3n) is 7.48. The molecule has 0 radical (unpaired) electrons. The average molecular weight is 562 g/mol. The van der Waals surface area contributed by atoms with Gasteiger partial charge in [-0.25, -0.2) is 8.42 Å². The topological polar surface area (TPSA) is 86.8 Å². The molecule has 0 aliphatic heterocycles. The third kappa shape index (κ3) is 7.10. The molecular weight excluding hydrogens is 522 g/mol. The Bertz CT molecular complexity index is 1450. The second-order valence-electron chi connectivity index (χ2n) is 10.8. The highest BCUT2D eigenvalue weighted by Crippen LogP contribution is 2.26. The molecule has 1 aliphatic carbocycles. The van der Waals surface area contributed by atoms with E-state index in [2.05, 4.69) is 5.32 Å². The number of carbonyl (C=O) groups is 2. The van der Waals surface area contributed by atoms with Crippen LogP contribution in [0.15, 0.2) is 77.7 Å². The number of benzene rings is 3. The van der Waals surface area contributed by atoms with Crippen LogP contribution in [0, 0.1) is 20.8 Å². The van der Waals surface area contributed by atoms with E-state index in [0.717, 1.165) is 52.2 Å². The van der Waals surface area contributed by atoms with Crippen LogP contribution in [0.1, 0.15) is 54.9 Å². The van der Waals surface area contributed by atoms with Gasteiger partial charge in [0.15, 0.2) is 0 Å². The lowest BCUT2D eigenvalue weighted by Gasteiger charge is -2.32. The Kier molecular flexibility index (Phi) is 9.30. The first kappa shape index (κ1) is 29.3. The summed E-state index contributed by atoms with van der Waals surface area (Å²) in [6.07, 6.45) is 4.02. The molecule has 7 nitrogen and oxygen atoms in total. The molecule has 0 spiro atoms. The molecule has 1 saturated carbocycles. The minimum atomic E-state index is -4.08. The second kappa shape index (κ2) is 12.7. The molecule has 212 valence electrons. The zero-order chi connectivity index (χ0) is 28.9. The lowest BCUT2D eigenvalue weighted by atomic mass is 10.1. The fourth-order valence-electron chi connectivity index (χ4n) is 5.13. The van der Waals surface area contributed by atoms with Crippen molar-refractivity contribution in [3.05, 3.63) is 95.1 Å². The lowest BCUT2D eigenvalue weighted by molar-refractivity contribution is -0.139. The molecule has 0 heterocycles. The van der Waals surface area contributed by atoms with Crippen molar-refractivity contribution in [1.29, 1.82) is 0 Å². The number of anilines is 1. The van der Waals surface area contributed by atoms with Crippen LogP contribution >= 0.6 is 0 Å². The van der Waals surface area contributed by atoms with Crippen LogP contribution in [0.25, 0.3) is 0 Å². The molecule has 0 saturated heterocycles. The molecular formula is C32H39N3O4S. The molecule has 3 aromatic rings. The highest BCUT2D eigenvalue weighted by Gasteiger charge is 2.33. The molecule has 0 aromatic heterocycles. The average Bonchev–Trinajstić information content (AvgIpc) is 3.43. The zero-order valence-electron chi connectivity index (χ0n) is 23.8. The Morgan fingerprint density at radius 1 is 0.875 bits per heavy atom. The molecule has 0 bridgehead atoms. The SMILES string of the molecule is Cc1ccc(S(=O)(=O)N(CC(=O)N(Cc2cccc(C)c2)[C@@H](C)C(=O)NC2CCCC2)c2cccc(C)c2)cc1. The standard InChI is InChI=1S/C32H39N3O4S/c1-23-15-17-30(18-16-23)40(38,39)35(29-14-8-10-25(3)20-29)22-31(36)34(21-27-11-7-9-24(2)19-27)26(4)32(37)33-28-12-5-6-13-28/h7-11,14-20,26,28H,5-6,12-13,21-22H2,1-4H3,(H,33,37)/t26-/m0/s1. The van der Waals surface area contributed by atoms with E-state index in [1.54, 1.807) is 49.4 Å². The Morgan fingerprint density at radius 3 is 2.12 bits per heavy atom. The number of nitrogens with zero attached hydrogens (tertiary/aromatic N) is 2. The Morgan fingerprint density at radius 2 is 1.50 bits per heavy atom. The van der Waals surface area contributed by atoms with Gasteiger partial charge in [-0.05, 0) is 75.9 Å². The van der Waals surface area contributed by atoms with Gasteiger partial charge >= 0.3 is 0 Å². The number of carbonyl (C=O) groups excluding carboxylic acids is 2. The Hall–Kier alpha value is -3.65. The van der Waals surface area contributed by atoms with Gasteiger partial charge in [-0.2, -0.15) is 0 Å². The van der Waals surface area contributed by atoms with Crippen molar-refractivity contribution in [2.24, 2.45) is 0 Å². The van der Waals surface area contributed by atoms with E-state index in [-0.39, 0.29) is 23.4 Å². The van der Waals surface area contributed by atoms with E-state index in [1.165, 1.54) is 4.90 Å². The van der Waals surface area contributed by atoms with Gasteiger partial charge in [0, 0.05) is 12.6 Å². The second-order valence-corrected chi connectivity index (χ2v) is 12.7. The molecule has 1 atom stereocenters. The number of amides is 2. The van der Waals surface area contributed by atoms with E-state index >= 15 is 0 Å². The van der Waals surface area contributed by atoms with Crippen LogP contribution in [0.4, 0.5) is 5.69 Å². The van der Waals surface area contributed by atoms with Gasteiger partial charge in [0.25, 0.3) is 10.0 Å². The largest absolute Gasteiger partial charge is 0.352 e. The van der Waals surface area contributed by atoms with Crippen molar-refractivity contribution >= 4 is 27.5 Å². The summed E-state index contributed by atoms with van der Waals surface area (Å²) in [5, 5.41) is 3.10. The van der Waals surface area contributed by atoms with Crippen LogP contribution in [0.2, 0.25) is 0 Å². The highest BCUT2D eigenvalue weighted by atomic mass is 32.2. The Balaban J connectivity index is 1.69. The predicted molar refractivity (Wildman–Crippen MR) is 158 cm³/mol. The monoisotopic (exact) mass is 561 g/mol. The fraction of sp³-hybridized carbons (Fsp3) is 0.375. The fourth-order valence-corrected chi connectivity index (χ4v) is 6.54. The number of sulfonamides is 1. The summed E-state index contributed by atoms with van der Waals surface area (Å²) in [6.45, 7) is 7.20. The molecule has 0 unspecified atom stereocenters. The van der Waals surface area contributed by atoms with E-state index in [4.69, 9.17) is 0 Å². The highest BCUT2D eigenvalue weighted by molar-refractivity contribution is 7.92. The van der Waals surface area contributed by atoms with Crippen LogP contribution in [-0.4, -0.2) is 43.8 Å². The first-order valence-electron chi connectivity index (χ1n) is 13.9.